The van der Waals surface area contributed by atoms with E-state index in [1.165, 1.54) is 12.1 Å². The Labute approximate surface area is 200 Å². The molecule has 0 radical (unpaired) electrons. The van der Waals surface area contributed by atoms with Crippen LogP contribution in [0.15, 0.2) is 97.1 Å². The number of hydrogen-bond acceptors (Lipinski definition) is 3. The van der Waals surface area contributed by atoms with Crippen molar-refractivity contribution in [3.8, 4) is 22.6 Å². The van der Waals surface area contributed by atoms with Gasteiger partial charge in [-0.05, 0) is 64.2 Å². The Balaban J connectivity index is 1.73. The van der Waals surface area contributed by atoms with E-state index < -0.39 is 12.3 Å². The monoisotopic (exact) mass is 477 g/mol. The van der Waals surface area contributed by atoms with E-state index in [2.05, 4.69) is 4.74 Å². The van der Waals surface area contributed by atoms with Crippen LogP contribution in [0.4, 0.5) is 13.2 Å². The molecule has 0 aliphatic rings. The van der Waals surface area contributed by atoms with E-state index >= 15 is 0 Å². The molecule has 7 heteroatoms. The van der Waals surface area contributed by atoms with Gasteiger partial charge >= 0.3 is 6.36 Å². The summed E-state index contributed by atoms with van der Waals surface area (Å²) in [6, 6.07) is 28.4. The Hall–Kier alpha value is -4.26. The molecule has 178 valence electrons. The minimum absolute atomic E-state index is 0.171. The molecule has 0 spiro atoms. The Morgan fingerprint density at radius 3 is 1.86 bits per heavy atom. The Kier molecular flexibility index (Phi) is 6.78. The van der Waals surface area contributed by atoms with Crippen LogP contribution in [0.25, 0.3) is 11.1 Å². The summed E-state index contributed by atoms with van der Waals surface area (Å²) >= 11 is 0. The lowest BCUT2D eigenvalue weighted by Crippen LogP contribution is -2.16. The van der Waals surface area contributed by atoms with Gasteiger partial charge in [-0.3, -0.25) is 4.79 Å². The summed E-state index contributed by atoms with van der Waals surface area (Å²) in [5.41, 5.74) is 10.3. The fourth-order valence-electron chi connectivity index (χ4n) is 3.96. The van der Waals surface area contributed by atoms with Gasteiger partial charge in [0.2, 0.25) is 5.91 Å². The molecule has 0 aliphatic heterocycles. The number of carbonyl (C=O) groups excluding carboxylic acids is 1. The molecule has 4 rings (SSSR count). The summed E-state index contributed by atoms with van der Waals surface area (Å²) in [5, 5.41) is 0. The zero-order valence-electron chi connectivity index (χ0n) is 18.8. The number of primary amides is 1. The molecule has 0 saturated heterocycles. The first-order valence-corrected chi connectivity index (χ1v) is 10.7. The molecule has 0 saturated carbocycles. The summed E-state index contributed by atoms with van der Waals surface area (Å²) in [4.78, 5) is 11.5. The number of hydrogen-bond donors (Lipinski definition) is 1. The highest BCUT2D eigenvalue weighted by Gasteiger charge is 2.31. The number of methoxy groups -OCH3 is 1. The van der Waals surface area contributed by atoms with E-state index in [4.69, 9.17) is 10.5 Å². The van der Waals surface area contributed by atoms with Crippen molar-refractivity contribution in [1.29, 1.82) is 0 Å². The Morgan fingerprint density at radius 2 is 1.31 bits per heavy atom. The maximum atomic E-state index is 12.5. The number of nitrogens with two attached hydrogens (primary N) is 1. The molecule has 2 N–H and O–H groups in total. The van der Waals surface area contributed by atoms with Gasteiger partial charge in [0.25, 0.3) is 0 Å². The molecule has 0 heterocycles. The molecule has 1 atom stereocenters. The van der Waals surface area contributed by atoms with Crippen LogP contribution in [0, 0.1) is 0 Å². The highest BCUT2D eigenvalue weighted by molar-refractivity contribution is 5.92. The lowest BCUT2D eigenvalue weighted by molar-refractivity contribution is -0.274. The Morgan fingerprint density at radius 1 is 0.743 bits per heavy atom. The smallest absolute Gasteiger partial charge is 0.497 e. The van der Waals surface area contributed by atoms with Crippen molar-refractivity contribution in [2.75, 3.05) is 7.11 Å². The van der Waals surface area contributed by atoms with Crippen LogP contribution in [-0.4, -0.2) is 19.4 Å². The molecule has 0 fully saturated rings. The first kappa shape index (κ1) is 23.9. The zero-order valence-corrected chi connectivity index (χ0v) is 18.8. The second-order valence-electron chi connectivity index (χ2n) is 7.89. The third-order valence-electron chi connectivity index (χ3n) is 5.62. The first-order valence-electron chi connectivity index (χ1n) is 10.7. The Bertz CT molecular complexity index is 1300. The fourth-order valence-corrected chi connectivity index (χ4v) is 3.96. The molecular formula is C28H22F3NO3. The molecule has 0 aliphatic carbocycles. The number of amides is 1. The minimum Gasteiger partial charge on any atom is -0.497 e. The van der Waals surface area contributed by atoms with Crippen LogP contribution >= 0.6 is 0 Å². The van der Waals surface area contributed by atoms with E-state index in [9.17, 15) is 18.0 Å². The predicted octanol–water partition coefficient (Wildman–Crippen LogP) is 6.54. The van der Waals surface area contributed by atoms with Crippen molar-refractivity contribution < 1.29 is 27.4 Å². The van der Waals surface area contributed by atoms with Crippen molar-refractivity contribution in [2.24, 2.45) is 5.73 Å². The van der Waals surface area contributed by atoms with Crippen LogP contribution in [0.2, 0.25) is 0 Å². The molecule has 4 aromatic carbocycles. The van der Waals surface area contributed by atoms with Gasteiger partial charge in [-0.2, -0.15) is 0 Å². The van der Waals surface area contributed by atoms with Gasteiger partial charge in [-0.1, -0.05) is 60.7 Å². The molecule has 35 heavy (non-hydrogen) atoms. The third-order valence-corrected chi connectivity index (χ3v) is 5.62. The lowest BCUT2D eigenvalue weighted by Gasteiger charge is -2.20. The fraction of sp³-hybridized carbons (Fsp3) is 0.107. The quantitative estimate of drug-likeness (QED) is 0.308. The highest BCUT2D eigenvalue weighted by Crippen LogP contribution is 2.35. The van der Waals surface area contributed by atoms with Gasteiger partial charge in [0.05, 0.1) is 7.11 Å². The second kappa shape index (κ2) is 9.93. The van der Waals surface area contributed by atoms with Crippen molar-refractivity contribution in [3.63, 3.8) is 0 Å². The second-order valence-corrected chi connectivity index (χ2v) is 7.89. The standard InChI is InChI=1S/C28H22F3NO3/c1-34-24-13-11-20(12-14-24)26(19-5-7-21(8-6-19)27(32)33)23-4-2-3-22(17-23)18-9-15-25(16-10-18)35-28(29,30)31/h2-17,26H,1H3,(H2,32,33). The van der Waals surface area contributed by atoms with Gasteiger partial charge in [0, 0.05) is 11.5 Å². The number of ether oxygens (including phenoxy) is 2. The van der Waals surface area contributed by atoms with E-state index in [0.29, 0.717) is 5.56 Å². The summed E-state index contributed by atoms with van der Waals surface area (Å²) in [6.45, 7) is 0. The molecule has 4 aromatic rings. The van der Waals surface area contributed by atoms with Crippen molar-refractivity contribution in [3.05, 3.63) is 119 Å². The number of benzene rings is 4. The molecule has 1 amide bonds. The summed E-state index contributed by atoms with van der Waals surface area (Å²) in [5.74, 6) is -0.220. The molecule has 0 aromatic heterocycles. The average molecular weight is 477 g/mol. The van der Waals surface area contributed by atoms with Gasteiger partial charge in [0.15, 0.2) is 0 Å². The number of carbonyl (C=O) groups is 1. The van der Waals surface area contributed by atoms with Gasteiger partial charge < -0.3 is 15.2 Å². The highest BCUT2D eigenvalue weighted by atomic mass is 19.4. The molecular weight excluding hydrogens is 455 g/mol. The number of halogens is 3. The maximum absolute atomic E-state index is 12.5. The summed E-state index contributed by atoms with van der Waals surface area (Å²) in [6.07, 6.45) is -4.74. The topological polar surface area (TPSA) is 61.5 Å². The van der Waals surface area contributed by atoms with Gasteiger partial charge in [0.1, 0.15) is 11.5 Å². The SMILES string of the molecule is COc1ccc(C(c2ccc(C(N)=O)cc2)c2cccc(-c3ccc(OC(F)(F)F)cc3)c2)cc1. The zero-order chi connectivity index (χ0) is 25.0. The molecule has 4 nitrogen and oxygen atoms in total. The third kappa shape index (κ3) is 5.81. The first-order chi connectivity index (χ1) is 16.7. The normalized spacial score (nSPS) is 12.1. The van der Waals surface area contributed by atoms with Crippen LogP contribution in [-0.2, 0) is 0 Å². The van der Waals surface area contributed by atoms with Crippen LogP contribution < -0.4 is 15.2 Å². The van der Waals surface area contributed by atoms with Crippen LogP contribution in [0.3, 0.4) is 0 Å². The summed E-state index contributed by atoms with van der Waals surface area (Å²) < 4.78 is 46.7. The van der Waals surface area contributed by atoms with Crippen LogP contribution in [0.1, 0.15) is 33.0 Å². The van der Waals surface area contributed by atoms with Crippen LogP contribution in [0.5, 0.6) is 11.5 Å². The van der Waals surface area contributed by atoms with E-state index in [-0.39, 0.29) is 11.7 Å². The lowest BCUT2D eigenvalue weighted by atomic mass is 9.83. The van der Waals surface area contributed by atoms with Crippen molar-refractivity contribution in [1.82, 2.24) is 0 Å². The van der Waals surface area contributed by atoms with Gasteiger partial charge in [-0.15, -0.1) is 13.2 Å². The average Bonchev–Trinajstić information content (AvgIpc) is 2.85. The summed E-state index contributed by atoms with van der Waals surface area (Å²) in [7, 11) is 1.60. The van der Waals surface area contributed by atoms with Gasteiger partial charge in [-0.25, -0.2) is 0 Å². The van der Waals surface area contributed by atoms with Crippen molar-refractivity contribution in [2.45, 2.75) is 12.3 Å². The largest absolute Gasteiger partial charge is 0.573 e. The van der Waals surface area contributed by atoms with Crippen molar-refractivity contribution >= 4 is 5.91 Å². The molecule has 1 unspecified atom stereocenters. The maximum Gasteiger partial charge on any atom is 0.573 e. The van der Waals surface area contributed by atoms with E-state index in [1.54, 1.807) is 31.4 Å². The van der Waals surface area contributed by atoms with E-state index in [1.807, 2.05) is 60.7 Å². The van der Waals surface area contributed by atoms with E-state index in [0.717, 1.165) is 33.6 Å². The minimum atomic E-state index is -4.74. The number of rotatable bonds is 7. The predicted molar refractivity (Wildman–Crippen MR) is 127 cm³/mol. The number of alkyl halides is 3. The molecule has 0 bridgehead atoms.